The van der Waals surface area contributed by atoms with Gasteiger partial charge >= 0.3 is 0 Å². The van der Waals surface area contributed by atoms with E-state index < -0.39 is 0 Å². The minimum atomic E-state index is 0.411. The van der Waals surface area contributed by atoms with Gasteiger partial charge < -0.3 is 0 Å². The summed E-state index contributed by atoms with van der Waals surface area (Å²) < 4.78 is 0. The Hall–Kier alpha value is -2.34. The van der Waals surface area contributed by atoms with E-state index in [1.54, 1.807) is 0 Å². The monoisotopic (exact) mass is 272 g/mol. The Morgan fingerprint density at radius 2 is 1.24 bits per heavy atom. The lowest BCUT2D eigenvalue weighted by atomic mass is 9.86. The summed E-state index contributed by atoms with van der Waals surface area (Å²) in [6.07, 6.45) is 1.04. The van der Waals surface area contributed by atoms with Crippen molar-refractivity contribution in [2.45, 2.75) is 19.3 Å². The van der Waals surface area contributed by atoms with Crippen molar-refractivity contribution in [3.8, 4) is 0 Å². The maximum atomic E-state index is 2.29. The van der Waals surface area contributed by atoms with Crippen molar-refractivity contribution in [1.29, 1.82) is 0 Å². The topological polar surface area (TPSA) is 0 Å². The molecule has 0 heteroatoms. The average Bonchev–Trinajstić information content (AvgIpc) is 2.54. The largest absolute Gasteiger partial charge is 0.0622 e. The molecule has 0 fully saturated rings. The normalized spacial score (nSPS) is 10.8. The van der Waals surface area contributed by atoms with Gasteiger partial charge in [0, 0.05) is 5.92 Å². The summed E-state index contributed by atoms with van der Waals surface area (Å²) >= 11 is 0. The van der Waals surface area contributed by atoms with Crippen LogP contribution in [-0.2, 0) is 6.42 Å². The Morgan fingerprint density at radius 3 is 1.76 bits per heavy atom. The third-order valence-corrected chi connectivity index (χ3v) is 3.93. The molecule has 21 heavy (non-hydrogen) atoms. The molecule has 0 saturated carbocycles. The molecule has 0 aliphatic rings. The van der Waals surface area contributed by atoms with Crippen LogP contribution in [0.15, 0.2) is 84.9 Å². The van der Waals surface area contributed by atoms with Crippen molar-refractivity contribution < 1.29 is 0 Å². The zero-order valence-electron chi connectivity index (χ0n) is 12.4. The van der Waals surface area contributed by atoms with Gasteiger partial charge in [-0.05, 0) is 30.0 Å². The number of aryl methyl sites for hydroxylation is 1. The lowest BCUT2D eigenvalue weighted by Gasteiger charge is -2.18. The summed E-state index contributed by atoms with van der Waals surface area (Å²) in [6.45, 7) is 2.16. The van der Waals surface area contributed by atoms with Gasteiger partial charge in [-0.1, -0.05) is 90.5 Å². The maximum absolute atomic E-state index is 2.29. The second-order valence-corrected chi connectivity index (χ2v) is 5.57. The number of benzene rings is 3. The Morgan fingerprint density at radius 1 is 0.667 bits per heavy atom. The highest BCUT2D eigenvalue weighted by Gasteiger charge is 2.14. The van der Waals surface area contributed by atoms with Crippen LogP contribution in [0.25, 0.3) is 0 Å². The molecule has 0 aromatic heterocycles. The zero-order chi connectivity index (χ0) is 14.5. The molecular weight excluding hydrogens is 252 g/mol. The molecule has 0 nitrogen and oxygen atoms in total. The number of rotatable bonds is 4. The van der Waals surface area contributed by atoms with Gasteiger partial charge in [0.15, 0.2) is 0 Å². The summed E-state index contributed by atoms with van der Waals surface area (Å²) in [7, 11) is 0. The van der Waals surface area contributed by atoms with E-state index in [0.29, 0.717) is 5.92 Å². The smallest absolute Gasteiger partial charge is 0.0130 e. The predicted molar refractivity (Wildman–Crippen MR) is 89.6 cm³/mol. The number of hydrogen-bond donors (Lipinski definition) is 0. The molecular formula is C21H20. The fourth-order valence-corrected chi connectivity index (χ4v) is 2.87. The highest BCUT2D eigenvalue weighted by atomic mass is 14.2. The van der Waals surface area contributed by atoms with Gasteiger partial charge in [-0.25, -0.2) is 0 Å². The molecule has 104 valence electrons. The van der Waals surface area contributed by atoms with E-state index in [2.05, 4.69) is 91.9 Å². The van der Waals surface area contributed by atoms with Gasteiger partial charge in [-0.3, -0.25) is 0 Å². The molecule has 0 radical (unpaired) electrons. The predicted octanol–water partition coefficient (Wildman–Crippen LogP) is 5.37. The maximum Gasteiger partial charge on any atom is 0.0130 e. The molecule has 0 aliphatic carbocycles. The Kier molecular flexibility index (Phi) is 4.16. The molecule has 0 amide bonds. The van der Waals surface area contributed by atoms with E-state index in [9.17, 15) is 0 Å². The molecule has 0 bridgehead atoms. The van der Waals surface area contributed by atoms with Crippen LogP contribution in [0.4, 0.5) is 0 Å². The van der Waals surface area contributed by atoms with Crippen LogP contribution in [-0.4, -0.2) is 0 Å². The van der Waals surface area contributed by atoms with E-state index in [1.165, 1.54) is 22.3 Å². The van der Waals surface area contributed by atoms with Crippen LogP contribution in [0.5, 0.6) is 0 Å². The van der Waals surface area contributed by atoms with E-state index in [-0.39, 0.29) is 0 Å². The zero-order valence-corrected chi connectivity index (χ0v) is 12.4. The van der Waals surface area contributed by atoms with Crippen LogP contribution >= 0.6 is 0 Å². The van der Waals surface area contributed by atoms with Crippen LogP contribution in [0, 0.1) is 6.92 Å². The molecule has 3 rings (SSSR count). The van der Waals surface area contributed by atoms with Gasteiger partial charge in [0.25, 0.3) is 0 Å². The molecule has 0 atom stereocenters. The summed E-state index contributed by atoms with van der Waals surface area (Å²) in [4.78, 5) is 0. The third-order valence-electron chi connectivity index (χ3n) is 3.93. The first-order valence-electron chi connectivity index (χ1n) is 7.48. The second-order valence-electron chi connectivity index (χ2n) is 5.57. The van der Waals surface area contributed by atoms with Gasteiger partial charge in [-0.15, -0.1) is 0 Å². The van der Waals surface area contributed by atoms with E-state index >= 15 is 0 Å². The molecule has 0 aliphatic heterocycles. The van der Waals surface area contributed by atoms with Gasteiger partial charge in [-0.2, -0.15) is 0 Å². The second kappa shape index (κ2) is 6.41. The Labute approximate surface area is 127 Å². The van der Waals surface area contributed by atoms with Crippen LogP contribution in [0.2, 0.25) is 0 Å². The summed E-state index contributed by atoms with van der Waals surface area (Å²) in [5.41, 5.74) is 5.48. The molecule has 0 N–H and O–H groups in total. The molecule has 3 aromatic carbocycles. The molecule has 0 spiro atoms. The molecule has 0 unspecified atom stereocenters. The SMILES string of the molecule is Cc1cccc(CC(c2ccccc2)c2ccccc2)c1. The molecule has 3 aromatic rings. The third kappa shape index (κ3) is 3.41. The average molecular weight is 272 g/mol. The fourth-order valence-electron chi connectivity index (χ4n) is 2.87. The first-order chi connectivity index (χ1) is 10.3. The minimum absolute atomic E-state index is 0.411. The molecule has 0 saturated heterocycles. The van der Waals surface area contributed by atoms with Crippen molar-refractivity contribution in [2.75, 3.05) is 0 Å². The quantitative estimate of drug-likeness (QED) is 0.599. The van der Waals surface area contributed by atoms with E-state index in [0.717, 1.165) is 6.42 Å². The fraction of sp³-hybridized carbons (Fsp3) is 0.143. The Bertz CT molecular complexity index is 644. The van der Waals surface area contributed by atoms with Crippen LogP contribution in [0.3, 0.4) is 0 Å². The van der Waals surface area contributed by atoms with Gasteiger partial charge in [0.2, 0.25) is 0 Å². The highest BCUT2D eigenvalue weighted by molar-refractivity contribution is 5.35. The standard InChI is InChI=1S/C21H20/c1-17-9-8-10-18(15-17)16-21(19-11-4-2-5-12-19)20-13-6-3-7-14-20/h2-15,21H,16H2,1H3. The van der Waals surface area contributed by atoms with Crippen LogP contribution in [0.1, 0.15) is 28.2 Å². The number of hydrogen-bond acceptors (Lipinski definition) is 0. The van der Waals surface area contributed by atoms with Gasteiger partial charge in [0.05, 0.1) is 0 Å². The Balaban J connectivity index is 1.97. The lowest BCUT2D eigenvalue weighted by molar-refractivity contribution is 0.804. The summed E-state index contributed by atoms with van der Waals surface area (Å²) in [5, 5.41) is 0. The molecule has 0 heterocycles. The first kappa shape index (κ1) is 13.6. The van der Waals surface area contributed by atoms with Crippen molar-refractivity contribution in [2.24, 2.45) is 0 Å². The van der Waals surface area contributed by atoms with Crippen molar-refractivity contribution in [1.82, 2.24) is 0 Å². The van der Waals surface area contributed by atoms with Gasteiger partial charge in [0.1, 0.15) is 0 Å². The van der Waals surface area contributed by atoms with Crippen molar-refractivity contribution in [3.63, 3.8) is 0 Å². The van der Waals surface area contributed by atoms with E-state index in [4.69, 9.17) is 0 Å². The summed E-state index contributed by atoms with van der Waals surface area (Å²) in [6, 6.07) is 30.4. The first-order valence-corrected chi connectivity index (χ1v) is 7.48. The van der Waals surface area contributed by atoms with E-state index in [1.807, 2.05) is 0 Å². The van der Waals surface area contributed by atoms with Crippen LogP contribution < -0.4 is 0 Å². The lowest BCUT2D eigenvalue weighted by Crippen LogP contribution is -2.05. The van der Waals surface area contributed by atoms with Crippen molar-refractivity contribution in [3.05, 3.63) is 107 Å². The minimum Gasteiger partial charge on any atom is -0.0622 e. The van der Waals surface area contributed by atoms with Crippen molar-refractivity contribution >= 4 is 0 Å². The summed E-state index contributed by atoms with van der Waals surface area (Å²) in [5.74, 6) is 0.411. The highest BCUT2D eigenvalue weighted by Crippen LogP contribution is 2.28.